The van der Waals surface area contributed by atoms with Crippen LogP contribution in [0.2, 0.25) is 0 Å². The minimum atomic E-state index is -0.296. The summed E-state index contributed by atoms with van der Waals surface area (Å²) in [5.74, 6) is 1.60. The van der Waals surface area contributed by atoms with Crippen molar-refractivity contribution in [1.82, 2.24) is 0 Å². The van der Waals surface area contributed by atoms with Crippen LogP contribution in [0.3, 0.4) is 0 Å². The van der Waals surface area contributed by atoms with Crippen LogP contribution in [-0.4, -0.2) is 12.1 Å². The molecule has 3 nitrogen and oxygen atoms in total. The summed E-state index contributed by atoms with van der Waals surface area (Å²) in [5, 5.41) is 0. The first kappa shape index (κ1) is 17.1. The molecule has 0 spiro atoms. The van der Waals surface area contributed by atoms with E-state index in [1.54, 1.807) is 0 Å². The second-order valence-electron chi connectivity index (χ2n) is 6.08. The Balaban J connectivity index is 1.98. The molecule has 0 radical (unpaired) electrons. The van der Waals surface area contributed by atoms with Crippen molar-refractivity contribution >= 4 is 5.97 Å². The van der Waals surface area contributed by atoms with Gasteiger partial charge in [-0.25, -0.2) is 0 Å². The lowest BCUT2D eigenvalue weighted by atomic mass is 9.94. The molecule has 0 aliphatic carbocycles. The number of esters is 1. The van der Waals surface area contributed by atoms with Crippen molar-refractivity contribution in [2.75, 3.05) is 0 Å². The predicted octanol–water partition coefficient (Wildman–Crippen LogP) is 4.75. The number of carbonyl (C=O) groups excluding carboxylic acids is 1. The first-order chi connectivity index (χ1) is 10.9. The third-order valence-electron chi connectivity index (χ3n) is 3.55. The predicted molar refractivity (Wildman–Crippen MR) is 92.1 cm³/mol. The number of benzene rings is 2. The van der Waals surface area contributed by atoms with E-state index in [9.17, 15) is 4.79 Å². The Kier molecular flexibility index (Phi) is 5.80. The van der Waals surface area contributed by atoms with Crippen LogP contribution in [-0.2, 0) is 11.2 Å². The average Bonchev–Trinajstić information content (AvgIpc) is 2.49. The van der Waals surface area contributed by atoms with Gasteiger partial charge in [-0.2, -0.15) is 0 Å². The molecule has 3 heteroatoms. The molecule has 23 heavy (non-hydrogen) atoms. The van der Waals surface area contributed by atoms with E-state index in [-0.39, 0.29) is 12.1 Å². The van der Waals surface area contributed by atoms with Crippen LogP contribution in [0.1, 0.15) is 44.7 Å². The monoisotopic (exact) mass is 312 g/mol. The van der Waals surface area contributed by atoms with Crippen LogP contribution in [0.5, 0.6) is 11.5 Å². The molecule has 2 rings (SSSR count). The molecule has 0 unspecified atom stereocenters. The Labute approximate surface area is 138 Å². The van der Waals surface area contributed by atoms with E-state index in [1.807, 2.05) is 50.2 Å². The van der Waals surface area contributed by atoms with E-state index >= 15 is 0 Å². The normalized spacial score (nSPS) is 12.0. The zero-order valence-corrected chi connectivity index (χ0v) is 14.2. The minimum absolute atomic E-state index is 0.189. The van der Waals surface area contributed by atoms with Gasteiger partial charge in [0.15, 0.2) is 0 Å². The second kappa shape index (κ2) is 7.82. The summed E-state index contributed by atoms with van der Waals surface area (Å²) in [4.78, 5) is 10.9. The summed E-state index contributed by atoms with van der Waals surface area (Å²) >= 11 is 0. The molecule has 0 aliphatic rings. The summed E-state index contributed by atoms with van der Waals surface area (Å²) in [7, 11) is 0. The highest BCUT2D eigenvalue weighted by Gasteiger charge is 2.08. The highest BCUT2D eigenvalue weighted by molar-refractivity contribution is 5.69. The maximum absolute atomic E-state index is 10.9. The number of hydrogen-bond donors (Lipinski definition) is 0. The molecule has 0 saturated heterocycles. The van der Waals surface area contributed by atoms with Crippen LogP contribution in [0.15, 0.2) is 48.5 Å². The fourth-order valence-electron chi connectivity index (χ4n) is 2.48. The molecule has 0 bridgehead atoms. The Morgan fingerprint density at radius 1 is 0.913 bits per heavy atom. The van der Waals surface area contributed by atoms with Crippen LogP contribution >= 0.6 is 0 Å². The van der Waals surface area contributed by atoms with Crippen molar-refractivity contribution in [2.24, 2.45) is 0 Å². The van der Waals surface area contributed by atoms with Gasteiger partial charge in [-0.05, 0) is 61.6 Å². The number of carbonyl (C=O) groups is 1. The molecule has 0 heterocycles. The maximum Gasteiger partial charge on any atom is 0.308 e. The SMILES string of the molecule is CC(=O)Oc1ccc(C[C@@H](C)c2ccc(OC(C)C)cc2)cc1. The molecule has 0 amide bonds. The molecule has 0 fully saturated rings. The molecule has 0 aliphatic heterocycles. The molecule has 0 N–H and O–H groups in total. The van der Waals surface area contributed by atoms with E-state index in [0.29, 0.717) is 11.7 Å². The van der Waals surface area contributed by atoms with Crippen LogP contribution in [0.4, 0.5) is 0 Å². The number of ether oxygens (including phenoxy) is 2. The Bertz CT molecular complexity index is 627. The third kappa shape index (κ3) is 5.44. The smallest absolute Gasteiger partial charge is 0.308 e. The Morgan fingerprint density at radius 2 is 1.48 bits per heavy atom. The van der Waals surface area contributed by atoms with Gasteiger partial charge in [-0.1, -0.05) is 31.2 Å². The molecule has 0 aromatic heterocycles. The minimum Gasteiger partial charge on any atom is -0.491 e. The second-order valence-corrected chi connectivity index (χ2v) is 6.08. The first-order valence-electron chi connectivity index (χ1n) is 7.98. The topological polar surface area (TPSA) is 35.5 Å². The number of rotatable bonds is 6. The fourth-order valence-corrected chi connectivity index (χ4v) is 2.48. The van der Waals surface area contributed by atoms with Crippen molar-refractivity contribution < 1.29 is 14.3 Å². The van der Waals surface area contributed by atoms with Gasteiger partial charge in [0.1, 0.15) is 11.5 Å². The largest absolute Gasteiger partial charge is 0.491 e. The van der Waals surface area contributed by atoms with Gasteiger partial charge in [0.25, 0.3) is 0 Å². The van der Waals surface area contributed by atoms with Crippen LogP contribution < -0.4 is 9.47 Å². The molecule has 2 aromatic rings. The van der Waals surface area contributed by atoms with Gasteiger partial charge in [0, 0.05) is 6.92 Å². The van der Waals surface area contributed by atoms with Gasteiger partial charge >= 0.3 is 5.97 Å². The molecular weight excluding hydrogens is 288 g/mol. The number of hydrogen-bond acceptors (Lipinski definition) is 3. The molecule has 0 saturated carbocycles. The van der Waals surface area contributed by atoms with Crippen molar-refractivity contribution in [3.05, 3.63) is 59.7 Å². The fraction of sp³-hybridized carbons (Fsp3) is 0.350. The van der Waals surface area contributed by atoms with Crippen molar-refractivity contribution in [3.63, 3.8) is 0 Å². The van der Waals surface area contributed by atoms with Gasteiger partial charge in [-0.3, -0.25) is 4.79 Å². The zero-order valence-electron chi connectivity index (χ0n) is 14.2. The summed E-state index contributed by atoms with van der Waals surface area (Å²) in [6.45, 7) is 7.66. The Morgan fingerprint density at radius 3 is 2.00 bits per heavy atom. The average molecular weight is 312 g/mol. The summed E-state index contributed by atoms with van der Waals surface area (Å²) in [6, 6.07) is 16.0. The van der Waals surface area contributed by atoms with Crippen LogP contribution in [0, 0.1) is 0 Å². The molecular formula is C20H24O3. The Hall–Kier alpha value is -2.29. The maximum atomic E-state index is 10.9. The first-order valence-corrected chi connectivity index (χ1v) is 7.98. The quantitative estimate of drug-likeness (QED) is 0.570. The van der Waals surface area contributed by atoms with Gasteiger partial charge in [0.2, 0.25) is 0 Å². The van der Waals surface area contributed by atoms with Gasteiger partial charge < -0.3 is 9.47 Å². The van der Waals surface area contributed by atoms with Crippen molar-refractivity contribution in [2.45, 2.75) is 46.1 Å². The summed E-state index contributed by atoms with van der Waals surface area (Å²) in [6.07, 6.45) is 1.12. The highest BCUT2D eigenvalue weighted by atomic mass is 16.5. The van der Waals surface area contributed by atoms with E-state index < -0.39 is 0 Å². The van der Waals surface area contributed by atoms with Gasteiger partial charge in [0.05, 0.1) is 6.10 Å². The molecule has 1 atom stereocenters. The van der Waals surface area contributed by atoms with Crippen molar-refractivity contribution in [1.29, 1.82) is 0 Å². The van der Waals surface area contributed by atoms with E-state index in [0.717, 1.165) is 12.2 Å². The van der Waals surface area contributed by atoms with Crippen LogP contribution in [0.25, 0.3) is 0 Å². The van der Waals surface area contributed by atoms with Crippen molar-refractivity contribution in [3.8, 4) is 11.5 Å². The molecule has 2 aromatic carbocycles. The van der Waals surface area contributed by atoms with E-state index in [4.69, 9.17) is 9.47 Å². The summed E-state index contributed by atoms with van der Waals surface area (Å²) in [5.41, 5.74) is 2.50. The van der Waals surface area contributed by atoms with Gasteiger partial charge in [-0.15, -0.1) is 0 Å². The standard InChI is InChI=1S/C20H24O3/c1-14(2)22-19-11-7-18(8-12-19)15(3)13-17-5-9-20(10-6-17)23-16(4)21/h5-12,14-15H,13H2,1-4H3/t15-/m1/s1. The lowest BCUT2D eigenvalue weighted by molar-refractivity contribution is -0.131. The van der Waals surface area contributed by atoms with E-state index in [2.05, 4.69) is 19.1 Å². The lowest BCUT2D eigenvalue weighted by Gasteiger charge is -2.14. The summed E-state index contributed by atoms with van der Waals surface area (Å²) < 4.78 is 10.7. The zero-order chi connectivity index (χ0) is 16.8. The third-order valence-corrected chi connectivity index (χ3v) is 3.55. The molecule has 122 valence electrons. The highest BCUT2D eigenvalue weighted by Crippen LogP contribution is 2.24. The lowest BCUT2D eigenvalue weighted by Crippen LogP contribution is -2.05. The van der Waals surface area contributed by atoms with E-state index in [1.165, 1.54) is 18.1 Å².